The molecule has 0 spiro atoms. The van der Waals surface area contributed by atoms with Gasteiger partial charge in [-0.2, -0.15) is 0 Å². The summed E-state index contributed by atoms with van der Waals surface area (Å²) >= 11 is 0. The van der Waals surface area contributed by atoms with Gasteiger partial charge in [-0.25, -0.2) is 0 Å². The average Bonchev–Trinajstić information content (AvgIpc) is 3.12. The highest BCUT2D eigenvalue weighted by atomic mass is 16.5. The van der Waals surface area contributed by atoms with Gasteiger partial charge < -0.3 is 14.8 Å². The van der Waals surface area contributed by atoms with Crippen molar-refractivity contribution in [2.45, 2.75) is 44.8 Å². The zero-order valence-corrected chi connectivity index (χ0v) is 12.4. The highest BCUT2D eigenvalue weighted by Crippen LogP contribution is 2.21. The van der Waals surface area contributed by atoms with Crippen LogP contribution in [0.4, 0.5) is 5.69 Å². The Morgan fingerprint density at radius 1 is 1.38 bits per heavy atom. The summed E-state index contributed by atoms with van der Waals surface area (Å²) in [6.45, 7) is 3.69. The molecule has 1 N–H and O–H groups in total. The van der Waals surface area contributed by atoms with Gasteiger partial charge in [0, 0.05) is 18.9 Å². The van der Waals surface area contributed by atoms with Crippen LogP contribution >= 0.6 is 0 Å². The van der Waals surface area contributed by atoms with E-state index in [0.717, 1.165) is 50.3 Å². The molecule has 5 nitrogen and oxygen atoms in total. The lowest BCUT2D eigenvalue weighted by Crippen LogP contribution is -2.27. The van der Waals surface area contributed by atoms with Crippen LogP contribution in [-0.4, -0.2) is 36.3 Å². The van der Waals surface area contributed by atoms with Crippen LogP contribution in [0.25, 0.3) is 0 Å². The number of carbonyl (C=O) groups excluding carboxylic acids is 1. The number of hydrogen-bond donors (Lipinski definition) is 1. The van der Waals surface area contributed by atoms with E-state index < -0.39 is 0 Å². The molecular weight excluding hydrogens is 268 g/mol. The maximum atomic E-state index is 12.0. The molecular formula is C16H22N2O3. The fourth-order valence-electron chi connectivity index (χ4n) is 2.88. The van der Waals surface area contributed by atoms with Crippen LogP contribution in [0.15, 0.2) is 18.3 Å². The molecule has 5 heteroatoms. The Balaban J connectivity index is 1.53. The number of nitrogens with zero attached hydrogens (tertiary/aromatic N) is 1. The van der Waals surface area contributed by atoms with E-state index in [2.05, 4.69) is 10.3 Å². The second-order valence-electron chi connectivity index (χ2n) is 5.97. The molecule has 0 aromatic carbocycles. The second-order valence-corrected chi connectivity index (χ2v) is 5.97. The van der Waals surface area contributed by atoms with Crippen molar-refractivity contribution in [3.63, 3.8) is 0 Å². The summed E-state index contributed by atoms with van der Waals surface area (Å²) in [6, 6.07) is 3.89. The molecule has 2 saturated heterocycles. The topological polar surface area (TPSA) is 60.5 Å². The Hall–Kier alpha value is -1.46. The van der Waals surface area contributed by atoms with Crippen molar-refractivity contribution >= 4 is 11.6 Å². The van der Waals surface area contributed by atoms with Gasteiger partial charge in [-0.1, -0.05) is 0 Å². The second kappa shape index (κ2) is 6.54. The Morgan fingerprint density at radius 3 is 2.90 bits per heavy atom. The van der Waals surface area contributed by atoms with Crippen LogP contribution in [0, 0.1) is 5.92 Å². The van der Waals surface area contributed by atoms with Crippen molar-refractivity contribution in [3.8, 4) is 0 Å². The fraction of sp³-hybridized carbons (Fsp3) is 0.625. The van der Waals surface area contributed by atoms with Gasteiger partial charge in [0.2, 0.25) is 0 Å². The Labute approximate surface area is 125 Å². The summed E-state index contributed by atoms with van der Waals surface area (Å²) in [7, 11) is 0. The van der Waals surface area contributed by atoms with Crippen molar-refractivity contribution in [3.05, 3.63) is 24.0 Å². The third-order valence-electron chi connectivity index (χ3n) is 4.14. The quantitative estimate of drug-likeness (QED) is 0.923. The van der Waals surface area contributed by atoms with E-state index in [4.69, 9.17) is 9.47 Å². The number of anilines is 1. The molecule has 21 heavy (non-hydrogen) atoms. The third-order valence-corrected chi connectivity index (χ3v) is 4.14. The number of hydrogen-bond acceptors (Lipinski definition) is 4. The van der Waals surface area contributed by atoms with Gasteiger partial charge in [-0.15, -0.1) is 0 Å². The molecule has 0 saturated carbocycles. The minimum Gasteiger partial charge on any atom is -0.381 e. The van der Waals surface area contributed by atoms with Gasteiger partial charge in [-0.3, -0.25) is 9.78 Å². The molecule has 2 aliphatic heterocycles. The predicted octanol–water partition coefficient (Wildman–Crippen LogP) is 2.17. The Morgan fingerprint density at radius 2 is 2.29 bits per heavy atom. The molecule has 114 valence electrons. The van der Waals surface area contributed by atoms with E-state index in [-0.39, 0.29) is 18.1 Å². The zero-order chi connectivity index (χ0) is 14.7. The van der Waals surface area contributed by atoms with Gasteiger partial charge in [0.25, 0.3) is 5.91 Å². The Bertz CT molecular complexity index is 483. The maximum absolute atomic E-state index is 12.0. The van der Waals surface area contributed by atoms with Crippen molar-refractivity contribution in [1.29, 1.82) is 0 Å². The number of rotatable bonds is 4. The van der Waals surface area contributed by atoms with Crippen LogP contribution in [0.3, 0.4) is 0 Å². The van der Waals surface area contributed by atoms with E-state index in [1.54, 1.807) is 6.20 Å². The lowest BCUT2D eigenvalue weighted by atomic mass is 10.0. The first-order valence-corrected chi connectivity index (χ1v) is 7.69. The van der Waals surface area contributed by atoms with E-state index in [0.29, 0.717) is 5.92 Å². The van der Waals surface area contributed by atoms with Crippen molar-refractivity contribution in [2.24, 2.45) is 5.92 Å². The van der Waals surface area contributed by atoms with Crippen LogP contribution in [0.2, 0.25) is 0 Å². The van der Waals surface area contributed by atoms with Gasteiger partial charge in [0.1, 0.15) is 6.10 Å². The van der Waals surface area contributed by atoms with Gasteiger partial charge in [-0.05, 0) is 50.7 Å². The summed E-state index contributed by atoms with van der Waals surface area (Å²) in [4.78, 5) is 16.5. The molecule has 2 aliphatic rings. The number of amides is 1. The molecule has 2 fully saturated rings. The van der Waals surface area contributed by atoms with E-state index in [1.165, 1.54) is 0 Å². The van der Waals surface area contributed by atoms with Crippen LogP contribution in [-0.2, 0) is 20.7 Å². The summed E-state index contributed by atoms with van der Waals surface area (Å²) in [5, 5.41) is 2.87. The number of aromatic nitrogens is 1. The van der Waals surface area contributed by atoms with E-state index >= 15 is 0 Å². The number of carbonyl (C=O) groups is 1. The lowest BCUT2D eigenvalue weighted by molar-refractivity contribution is -0.126. The SMILES string of the molecule is CC1CCC(C(=O)Nc2ccc(C[C@H]3CCOC3)nc2)O1. The first-order valence-electron chi connectivity index (χ1n) is 7.69. The highest BCUT2D eigenvalue weighted by Gasteiger charge is 2.28. The Kier molecular flexibility index (Phi) is 4.51. The number of pyridine rings is 1. The normalized spacial score (nSPS) is 28.7. The van der Waals surface area contributed by atoms with E-state index in [9.17, 15) is 4.79 Å². The van der Waals surface area contributed by atoms with Gasteiger partial charge in [0.05, 0.1) is 18.0 Å². The molecule has 1 aromatic heterocycles. The molecule has 3 heterocycles. The van der Waals surface area contributed by atoms with Gasteiger partial charge in [0.15, 0.2) is 0 Å². The molecule has 1 aromatic rings. The fourth-order valence-corrected chi connectivity index (χ4v) is 2.88. The number of ether oxygens (including phenoxy) is 2. The molecule has 1 amide bonds. The minimum absolute atomic E-state index is 0.0712. The maximum Gasteiger partial charge on any atom is 0.253 e. The zero-order valence-electron chi connectivity index (χ0n) is 12.4. The van der Waals surface area contributed by atoms with Crippen LogP contribution in [0.1, 0.15) is 31.9 Å². The summed E-state index contributed by atoms with van der Waals surface area (Å²) in [5.41, 5.74) is 1.78. The lowest BCUT2D eigenvalue weighted by Gasteiger charge is -2.12. The monoisotopic (exact) mass is 290 g/mol. The molecule has 3 rings (SSSR count). The smallest absolute Gasteiger partial charge is 0.253 e. The van der Waals surface area contributed by atoms with Crippen LogP contribution in [0.5, 0.6) is 0 Å². The third kappa shape index (κ3) is 3.80. The molecule has 0 bridgehead atoms. The molecule has 0 aliphatic carbocycles. The summed E-state index contributed by atoms with van der Waals surface area (Å²) in [5.74, 6) is 0.504. The first kappa shape index (κ1) is 14.5. The van der Waals surface area contributed by atoms with Crippen molar-refractivity contribution in [1.82, 2.24) is 4.98 Å². The summed E-state index contributed by atoms with van der Waals surface area (Å²) in [6.07, 6.45) is 5.36. The van der Waals surface area contributed by atoms with Crippen LogP contribution < -0.4 is 5.32 Å². The molecule has 0 radical (unpaired) electrons. The van der Waals surface area contributed by atoms with E-state index in [1.807, 2.05) is 19.1 Å². The first-order chi connectivity index (χ1) is 10.2. The molecule has 3 atom stereocenters. The molecule has 2 unspecified atom stereocenters. The van der Waals surface area contributed by atoms with Crippen molar-refractivity contribution < 1.29 is 14.3 Å². The average molecular weight is 290 g/mol. The largest absolute Gasteiger partial charge is 0.381 e. The predicted molar refractivity (Wildman–Crippen MR) is 79.1 cm³/mol. The van der Waals surface area contributed by atoms with Crippen molar-refractivity contribution in [2.75, 3.05) is 18.5 Å². The minimum atomic E-state index is -0.324. The summed E-state index contributed by atoms with van der Waals surface area (Å²) < 4.78 is 10.9. The van der Waals surface area contributed by atoms with Gasteiger partial charge >= 0.3 is 0 Å². The highest BCUT2D eigenvalue weighted by molar-refractivity contribution is 5.94. The number of nitrogens with one attached hydrogen (secondary N) is 1. The standard InChI is InChI=1S/C16H22N2O3/c1-11-2-5-15(21-11)16(19)18-14-4-3-13(17-9-14)8-12-6-7-20-10-12/h3-4,9,11-12,15H,2,5-8,10H2,1H3,(H,18,19)/t11?,12-,15?/m1/s1.